The Morgan fingerprint density at radius 3 is 2.62 bits per heavy atom. The van der Waals surface area contributed by atoms with E-state index in [0.29, 0.717) is 13.1 Å². The third-order valence-corrected chi connectivity index (χ3v) is 5.58. The largest absolute Gasteiger partial charge is 0.347 e. The molecule has 0 radical (unpaired) electrons. The first-order chi connectivity index (χ1) is 11.9. The molecule has 1 saturated heterocycles. The van der Waals surface area contributed by atoms with Crippen molar-refractivity contribution in [3.8, 4) is 0 Å². The number of benzene rings is 1. The molecule has 2 rings (SSSR count). The van der Waals surface area contributed by atoms with Crippen molar-refractivity contribution >= 4 is 47.6 Å². The minimum Gasteiger partial charge on any atom is -0.347 e. The van der Waals surface area contributed by atoms with Crippen molar-refractivity contribution in [1.82, 2.24) is 15.1 Å². The van der Waals surface area contributed by atoms with E-state index in [1.165, 1.54) is 0 Å². The molecule has 0 spiro atoms. The first-order valence-electron chi connectivity index (χ1n) is 8.86. The maximum atomic E-state index is 12.6. The molecule has 5 nitrogen and oxygen atoms in total. The van der Waals surface area contributed by atoms with Gasteiger partial charge in [-0.15, -0.1) is 24.0 Å². The Morgan fingerprint density at radius 1 is 1.35 bits per heavy atom. The first-order valence-corrected chi connectivity index (χ1v) is 9.85. The van der Waals surface area contributed by atoms with Crippen LogP contribution in [0.2, 0.25) is 0 Å². The van der Waals surface area contributed by atoms with E-state index in [4.69, 9.17) is 0 Å². The summed E-state index contributed by atoms with van der Waals surface area (Å²) in [6.45, 7) is 10.0. The average molecular weight is 490 g/mol. The molecule has 0 aromatic heterocycles. The lowest BCUT2D eigenvalue weighted by Gasteiger charge is -2.39. The molecule has 0 unspecified atom stereocenters. The number of carbonyl (C=O) groups is 1. The van der Waals surface area contributed by atoms with E-state index in [0.717, 1.165) is 30.4 Å². The second-order valence-corrected chi connectivity index (χ2v) is 8.63. The van der Waals surface area contributed by atoms with Gasteiger partial charge in [-0.2, -0.15) is 11.8 Å². The molecule has 146 valence electrons. The Labute approximate surface area is 179 Å². The van der Waals surface area contributed by atoms with Crippen LogP contribution < -0.4 is 5.32 Å². The molecule has 7 heteroatoms. The molecule has 0 atom stereocenters. The van der Waals surface area contributed by atoms with Gasteiger partial charge in [-0.1, -0.05) is 30.3 Å². The fourth-order valence-corrected chi connectivity index (χ4v) is 4.09. The predicted molar refractivity (Wildman–Crippen MR) is 122 cm³/mol. The molecule has 0 bridgehead atoms. The molecule has 0 aliphatic carbocycles. The highest BCUT2D eigenvalue weighted by Gasteiger charge is 2.28. The van der Waals surface area contributed by atoms with E-state index in [-0.39, 0.29) is 41.2 Å². The van der Waals surface area contributed by atoms with Crippen LogP contribution >= 0.6 is 35.7 Å². The Hall–Kier alpha value is -0.960. The number of hydrogen-bond donors (Lipinski definition) is 1. The number of carbonyl (C=O) groups excluding carboxylic acids is 1. The summed E-state index contributed by atoms with van der Waals surface area (Å²) >= 11 is 1.99. The van der Waals surface area contributed by atoms with E-state index in [1.54, 1.807) is 7.05 Å². The van der Waals surface area contributed by atoms with Crippen LogP contribution in [0.3, 0.4) is 0 Å². The number of likely N-dealkylation sites (N-methyl/N-ethyl adjacent to an activating group) is 1. The fraction of sp³-hybridized carbons (Fsp3) is 0.579. The van der Waals surface area contributed by atoms with Crippen LogP contribution in [0.25, 0.3) is 0 Å². The van der Waals surface area contributed by atoms with E-state index in [1.807, 2.05) is 41.8 Å². The summed E-state index contributed by atoms with van der Waals surface area (Å²) < 4.78 is 0.211. The first kappa shape index (κ1) is 23.1. The van der Waals surface area contributed by atoms with Gasteiger partial charge in [0.1, 0.15) is 0 Å². The summed E-state index contributed by atoms with van der Waals surface area (Å²) in [5, 5.41) is 3.25. The summed E-state index contributed by atoms with van der Waals surface area (Å²) in [5.41, 5.74) is 1.15. The maximum Gasteiger partial charge on any atom is 0.242 e. The maximum absolute atomic E-state index is 12.6. The van der Waals surface area contributed by atoms with Crippen molar-refractivity contribution in [2.75, 3.05) is 39.0 Å². The molecule has 1 N–H and O–H groups in total. The molecule has 1 aliphatic heterocycles. The van der Waals surface area contributed by atoms with Gasteiger partial charge in [0.2, 0.25) is 5.91 Å². The highest BCUT2D eigenvalue weighted by atomic mass is 127. The standard InChI is InChI=1S/C19H30N4OS.HI/c1-5-22(14-16-9-7-6-8-10-16)17(24)13-21-18(20-4)23-11-12-25-19(2,3)15-23;/h6-10H,5,11-15H2,1-4H3,(H,20,21);1H. The highest BCUT2D eigenvalue weighted by molar-refractivity contribution is 14.0. The lowest BCUT2D eigenvalue weighted by atomic mass is 10.2. The number of nitrogens with zero attached hydrogens (tertiary/aromatic N) is 3. The molecule has 1 aliphatic rings. The molecule has 0 saturated carbocycles. The van der Waals surface area contributed by atoms with Crippen LogP contribution in [0, 0.1) is 0 Å². The smallest absolute Gasteiger partial charge is 0.242 e. The van der Waals surface area contributed by atoms with Crippen molar-refractivity contribution in [1.29, 1.82) is 0 Å². The van der Waals surface area contributed by atoms with Crippen LogP contribution in [0.4, 0.5) is 0 Å². The van der Waals surface area contributed by atoms with Gasteiger partial charge < -0.3 is 15.1 Å². The molecule has 1 aromatic rings. The second kappa shape index (κ2) is 11.0. The van der Waals surface area contributed by atoms with Crippen molar-refractivity contribution < 1.29 is 4.79 Å². The van der Waals surface area contributed by atoms with Crippen LogP contribution in [-0.2, 0) is 11.3 Å². The number of halogens is 1. The fourth-order valence-electron chi connectivity index (χ4n) is 2.98. The number of hydrogen-bond acceptors (Lipinski definition) is 3. The van der Waals surface area contributed by atoms with Crippen molar-refractivity contribution in [2.24, 2.45) is 4.99 Å². The monoisotopic (exact) mass is 490 g/mol. The number of guanidine groups is 1. The van der Waals surface area contributed by atoms with E-state index in [2.05, 4.69) is 41.2 Å². The van der Waals surface area contributed by atoms with E-state index < -0.39 is 0 Å². The lowest BCUT2D eigenvalue weighted by molar-refractivity contribution is -0.130. The topological polar surface area (TPSA) is 47.9 Å². The Bertz CT molecular complexity index is 594. The Kier molecular flexibility index (Phi) is 9.78. The van der Waals surface area contributed by atoms with Gasteiger partial charge in [0.15, 0.2) is 5.96 Å². The molecular formula is C19H31IN4OS. The normalized spacial score (nSPS) is 16.6. The molecular weight excluding hydrogens is 459 g/mol. The Morgan fingerprint density at radius 2 is 2.04 bits per heavy atom. The quantitative estimate of drug-likeness (QED) is 0.392. The van der Waals surface area contributed by atoms with E-state index in [9.17, 15) is 4.79 Å². The molecule has 1 fully saturated rings. The van der Waals surface area contributed by atoms with Gasteiger partial charge in [-0.25, -0.2) is 0 Å². The number of thioether (sulfide) groups is 1. The second-order valence-electron chi connectivity index (χ2n) is 6.82. The van der Waals surface area contributed by atoms with Gasteiger partial charge in [0, 0.05) is 43.7 Å². The van der Waals surface area contributed by atoms with Gasteiger partial charge >= 0.3 is 0 Å². The SMILES string of the molecule is CCN(Cc1ccccc1)C(=O)CNC(=NC)N1CCSC(C)(C)C1.I. The number of aliphatic imine (C=N–C) groups is 1. The number of amides is 1. The number of nitrogens with one attached hydrogen (secondary N) is 1. The summed E-state index contributed by atoms with van der Waals surface area (Å²) in [6.07, 6.45) is 0. The van der Waals surface area contributed by atoms with Crippen molar-refractivity contribution in [2.45, 2.75) is 32.1 Å². The van der Waals surface area contributed by atoms with Crippen molar-refractivity contribution in [3.63, 3.8) is 0 Å². The van der Waals surface area contributed by atoms with Crippen LogP contribution in [0.5, 0.6) is 0 Å². The third kappa shape index (κ3) is 6.98. The van der Waals surface area contributed by atoms with Crippen molar-refractivity contribution in [3.05, 3.63) is 35.9 Å². The van der Waals surface area contributed by atoms with Crippen LogP contribution in [0.1, 0.15) is 26.3 Å². The van der Waals surface area contributed by atoms with E-state index >= 15 is 0 Å². The zero-order valence-electron chi connectivity index (χ0n) is 16.2. The molecule has 1 amide bonds. The summed E-state index contributed by atoms with van der Waals surface area (Å²) in [4.78, 5) is 21.1. The summed E-state index contributed by atoms with van der Waals surface area (Å²) in [7, 11) is 1.78. The van der Waals surface area contributed by atoms with Gasteiger partial charge in [0.05, 0.1) is 6.54 Å². The zero-order valence-corrected chi connectivity index (χ0v) is 19.3. The lowest BCUT2D eigenvalue weighted by Crippen LogP contribution is -2.52. The summed E-state index contributed by atoms with van der Waals surface area (Å²) in [5.74, 6) is 1.99. The molecule has 26 heavy (non-hydrogen) atoms. The highest BCUT2D eigenvalue weighted by Crippen LogP contribution is 2.29. The molecule has 1 heterocycles. The van der Waals surface area contributed by atoms with Crippen LogP contribution in [-0.4, -0.2) is 65.4 Å². The minimum atomic E-state index is 0. The van der Waals surface area contributed by atoms with Gasteiger partial charge in [0.25, 0.3) is 0 Å². The van der Waals surface area contributed by atoms with Crippen LogP contribution in [0.15, 0.2) is 35.3 Å². The van der Waals surface area contributed by atoms with Gasteiger partial charge in [-0.3, -0.25) is 9.79 Å². The minimum absolute atomic E-state index is 0. The summed E-state index contributed by atoms with van der Waals surface area (Å²) in [6, 6.07) is 10.1. The Balaban J connectivity index is 0.00000338. The zero-order chi connectivity index (χ0) is 18.3. The molecule has 1 aromatic carbocycles. The number of rotatable bonds is 5. The third-order valence-electron chi connectivity index (χ3n) is 4.29. The average Bonchev–Trinajstić information content (AvgIpc) is 2.60. The predicted octanol–water partition coefficient (Wildman–Crippen LogP) is 3.06. The van der Waals surface area contributed by atoms with Gasteiger partial charge in [-0.05, 0) is 26.3 Å².